The van der Waals surface area contributed by atoms with Gasteiger partial charge < -0.3 is 15.4 Å². The van der Waals surface area contributed by atoms with Crippen LogP contribution in [0.15, 0.2) is 24.3 Å². The third-order valence-electron chi connectivity index (χ3n) is 3.56. The Morgan fingerprint density at radius 1 is 1.40 bits per heavy atom. The summed E-state index contributed by atoms with van der Waals surface area (Å²) in [4.78, 5) is 14.2. The number of ether oxygens (including phenoxy) is 1. The van der Waals surface area contributed by atoms with Crippen LogP contribution in [0.5, 0.6) is 5.75 Å². The Morgan fingerprint density at radius 2 is 2.10 bits per heavy atom. The Balaban J connectivity index is 1.89. The van der Waals surface area contributed by atoms with E-state index in [1.54, 1.807) is 7.11 Å². The minimum atomic E-state index is -0.0541. The second-order valence-electron chi connectivity index (χ2n) is 5.06. The van der Waals surface area contributed by atoms with Gasteiger partial charge in [0.1, 0.15) is 5.75 Å². The lowest BCUT2D eigenvalue weighted by molar-refractivity contribution is -0.123. The van der Waals surface area contributed by atoms with Crippen molar-refractivity contribution in [2.24, 2.45) is 0 Å². The van der Waals surface area contributed by atoms with Crippen LogP contribution >= 0.6 is 0 Å². The fraction of sp³-hybridized carbons (Fsp3) is 0.533. The first-order chi connectivity index (χ1) is 9.70. The number of methoxy groups -OCH3 is 1. The Labute approximate surface area is 120 Å². The third kappa shape index (κ3) is 3.95. The van der Waals surface area contributed by atoms with Crippen molar-refractivity contribution in [1.82, 2.24) is 15.5 Å². The molecule has 0 bridgehead atoms. The summed E-state index contributed by atoms with van der Waals surface area (Å²) in [6.07, 6.45) is 0. The van der Waals surface area contributed by atoms with Gasteiger partial charge in [0.2, 0.25) is 5.91 Å². The molecular formula is C15H23N3O2. The predicted molar refractivity (Wildman–Crippen MR) is 78.9 cm³/mol. The molecule has 1 aliphatic heterocycles. The maximum absolute atomic E-state index is 12.1. The minimum absolute atomic E-state index is 0.0541. The van der Waals surface area contributed by atoms with Gasteiger partial charge in [-0.15, -0.1) is 0 Å². The zero-order valence-electron chi connectivity index (χ0n) is 12.2. The predicted octanol–water partition coefficient (Wildman–Crippen LogP) is 0.778. The monoisotopic (exact) mass is 277 g/mol. The van der Waals surface area contributed by atoms with E-state index in [9.17, 15) is 4.79 Å². The summed E-state index contributed by atoms with van der Waals surface area (Å²) >= 11 is 0. The standard InChI is InChI=1S/C15H23N3O2/c1-12(13-5-3-4-6-14(13)20-2)17-15(19)11-18-9-7-16-8-10-18/h3-6,12,16H,7-11H2,1-2H3,(H,17,19)/t12-/m1/s1. The van der Waals surface area contributed by atoms with E-state index in [0.29, 0.717) is 6.54 Å². The number of amides is 1. The summed E-state index contributed by atoms with van der Waals surface area (Å²) < 4.78 is 5.33. The second-order valence-corrected chi connectivity index (χ2v) is 5.06. The molecule has 1 aromatic rings. The number of piperazine rings is 1. The summed E-state index contributed by atoms with van der Waals surface area (Å²) in [7, 11) is 1.65. The molecule has 20 heavy (non-hydrogen) atoms. The van der Waals surface area contributed by atoms with Crippen LogP contribution < -0.4 is 15.4 Å². The van der Waals surface area contributed by atoms with Crippen LogP contribution in [-0.4, -0.2) is 50.6 Å². The van der Waals surface area contributed by atoms with Crippen molar-refractivity contribution in [2.75, 3.05) is 39.8 Å². The molecule has 0 aromatic heterocycles. The van der Waals surface area contributed by atoms with Crippen LogP contribution in [0.4, 0.5) is 0 Å². The third-order valence-corrected chi connectivity index (χ3v) is 3.56. The molecule has 0 spiro atoms. The molecule has 5 heteroatoms. The van der Waals surface area contributed by atoms with Crippen molar-refractivity contribution in [3.8, 4) is 5.75 Å². The molecule has 1 atom stereocenters. The van der Waals surface area contributed by atoms with Crippen LogP contribution in [-0.2, 0) is 4.79 Å². The second kappa shape index (κ2) is 7.26. The van der Waals surface area contributed by atoms with Crippen molar-refractivity contribution in [1.29, 1.82) is 0 Å². The van der Waals surface area contributed by atoms with E-state index >= 15 is 0 Å². The van der Waals surface area contributed by atoms with Gasteiger partial charge in [-0.25, -0.2) is 0 Å². The van der Waals surface area contributed by atoms with Gasteiger partial charge in [-0.1, -0.05) is 18.2 Å². The number of para-hydroxylation sites is 1. The Morgan fingerprint density at radius 3 is 2.80 bits per heavy atom. The molecule has 1 fully saturated rings. The maximum Gasteiger partial charge on any atom is 0.234 e. The molecule has 0 radical (unpaired) electrons. The summed E-state index contributed by atoms with van der Waals surface area (Å²) in [6.45, 7) is 6.20. The molecule has 2 N–H and O–H groups in total. The van der Waals surface area contributed by atoms with Gasteiger partial charge in [0, 0.05) is 31.7 Å². The van der Waals surface area contributed by atoms with Crippen molar-refractivity contribution in [2.45, 2.75) is 13.0 Å². The van der Waals surface area contributed by atoms with E-state index in [0.717, 1.165) is 37.5 Å². The number of benzene rings is 1. The van der Waals surface area contributed by atoms with E-state index in [4.69, 9.17) is 4.74 Å². The van der Waals surface area contributed by atoms with Gasteiger partial charge >= 0.3 is 0 Å². The molecule has 0 saturated carbocycles. The highest BCUT2D eigenvalue weighted by Gasteiger charge is 2.17. The van der Waals surface area contributed by atoms with Crippen LogP contribution in [0.25, 0.3) is 0 Å². The zero-order chi connectivity index (χ0) is 14.4. The van der Waals surface area contributed by atoms with E-state index in [1.165, 1.54) is 0 Å². The zero-order valence-corrected chi connectivity index (χ0v) is 12.2. The van der Waals surface area contributed by atoms with Crippen LogP contribution in [0.3, 0.4) is 0 Å². The average molecular weight is 277 g/mol. The highest BCUT2D eigenvalue weighted by molar-refractivity contribution is 5.78. The van der Waals surface area contributed by atoms with Crippen LogP contribution in [0, 0.1) is 0 Å². The number of hydrogen-bond acceptors (Lipinski definition) is 4. The largest absolute Gasteiger partial charge is 0.496 e. The highest BCUT2D eigenvalue weighted by atomic mass is 16.5. The number of nitrogens with zero attached hydrogens (tertiary/aromatic N) is 1. The summed E-state index contributed by atoms with van der Waals surface area (Å²) in [6, 6.07) is 7.72. The Bertz CT molecular complexity index is 444. The molecule has 0 aliphatic carbocycles. The maximum atomic E-state index is 12.1. The number of carbonyl (C=O) groups is 1. The fourth-order valence-electron chi connectivity index (χ4n) is 2.46. The highest BCUT2D eigenvalue weighted by Crippen LogP contribution is 2.24. The summed E-state index contributed by atoms with van der Waals surface area (Å²) in [5.74, 6) is 0.868. The lowest BCUT2D eigenvalue weighted by Crippen LogP contribution is -2.47. The Hall–Kier alpha value is -1.59. The molecule has 1 aromatic carbocycles. The van der Waals surface area contributed by atoms with E-state index in [2.05, 4.69) is 15.5 Å². The molecule has 1 amide bonds. The first kappa shape index (κ1) is 14.8. The molecule has 1 aliphatic rings. The SMILES string of the molecule is COc1ccccc1[C@@H](C)NC(=O)CN1CCNCC1. The van der Waals surface area contributed by atoms with Crippen LogP contribution in [0.1, 0.15) is 18.5 Å². The number of hydrogen-bond donors (Lipinski definition) is 2. The first-order valence-electron chi connectivity index (χ1n) is 7.06. The molecule has 0 unspecified atom stereocenters. The van der Waals surface area contributed by atoms with Crippen molar-refractivity contribution < 1.29 is 9.53 Å². The van der Waals surface area contributed by atoms with E-state index < -0.39 is 0 Å². The van der Waals surface area contributed by atoms with E-state index in [1.807, 2.05) is 31.2 Å². The lowest BCUT2D eigenvalue weighted by Gasteiger charge is -2.27. The van der Waals surface area contributed by atoms with Gasteiger partial charge in [-0.2, -0.15) is 0 Å². The smallest absolute Gasteiger partial charge is 0.234 e. The normalized spacial score (nSPS) is 17.5. The fourth-order valence-corrected chi connectivity index (χ4v) is 2.46. The van der Waals surface area contributed by atoms with Gasteiger partial charge in [0.25, 0.3) is 0 Å². The van der Waals surface area contributed by atoms with Gasteiger partial charge in [0.15, 0.2) is 0 Å². The number of carbonyl (C=O) groups excluding carboxylic acids is 1. The average Bonchev–Trinajstić information content (AvgIpc) is 2.48. The lowest BCUT2D eigenvalue weighted by atomic mass is 10.1. The van der Waals surface area contributed by atoms with E-state index in [-0.39, 0.29) is 11.9 Å². The van der Waals surface area contributed by atoms with Crippen molar-refractivity contribution in [3.63, 3.8) is 0 Å². The first-order valence-corrected chi connectivity index (χ1v) is 7.06. The topological polar surface area (TPSA) is 53.6 Å². The molecule has 5 nitrogen and oxygen atoms in total. The summed E-state index contributed by atoms with van der Waals surface area (Å²) in [5.41, 5.74) is 1.00. The molecule has 1 heterocycles. The molecule has 1 saturated heterocycles. The van der Waals surface area contributed by atoms with Crippen molar-refractivity contribution in [3.05, 3.63) is 29.8 Å². The molecular weight excluding hydrogens is 254 g/mol. The molecule has 110 valence electrons. The van der Waals surface area contributed by atoms with Gasteiger partial charge in [-0.05, 0) is 13.0 Å². The number of rotatable bonds is 5. The van der Waals surface area contributed by atoms with Crippen LogP contribution in [0.2, 0.25) is 0 Å². The van der Waals surface area contributed by atoms with Crippen molar-refractivity contribution >= 4 is 5.91 Å². The quantitative estimate of drug-likeness (QED) is 0.835. The van der Waals surface area contributed by atoms with Gasteiger partial charge in [0.05, 0.1) is 19.7 Å². The number of nitrogens with one attached hydrogen (secondary N) is 2. The molecule has 2 rings (SSSR count). The minimum Gasteiger partial charge on any atom is -0.496 e. The Kier molecular flexibility index (Phi) is 5.38. The summed E-state index contributed by atoms with van der Waals surface area (Å²) in [5, 5.41) is 6.32. The van der Waals surface area contributed by atoms with Gasteiger partial charge in [-0.3, -0.25) is 9.69 Å².